The van der Waals surface area contributed by atoms with Crippen LogP contribution in [0.3, 0.4) is 0 Å². The zero-order valence-corrected chi connectivity index (χ0v) is 47.0. The summed E-state index contributed by atoms with van der Waals surface area (Å²) in [4.78, 5) is 32.8. The molecule has 0 bridgehead atoms. The smallest absolute Gasteiger partial charge is 0.303 e. The second-order valence-corrected chi connectivity index (χ2v) is 20.5. The van der Waals surface area contributed by atoms with Gasteiger partial charge in [0.15, 0.2) is 0 Å². The summed E-state index contributed by atoms with van der Waals surface area (Å²) >= 11 is 0. The topological polar surface area (TPSA) is 233 Å². The van der Waals surface area contributed by atoms with Gasteiger partial charge in [-0.15, -0.1) is 0 Å². The highest BCUT2D eigenvalue weighted by Gasteiger charge is 2.16. The number of aromatic hydroxyl groups is 3. The summed E-state index contributed by atoms with van der Waals surface area (Å²) in [6.45, 7) is -0.729. The van der Waals surface area contributed by atoms with Crippen LogP contribution in [0.5, 0.6) is 17.2 Å². The molecule has 0 atom stereocenters. The molecule has 434 valence electrons. The zero-order chi connectivity index (χ0) is 60.1. The number of carboxylic acid groups (broad SMARTS) is 3. The molecular formula is C72H74O12. The minimum atomic E-state index is -0.954. The van der Waals surface area contributed by atoms with Crippen LogP contribution in [0.1, 0.15) is 103 Å². The summed E-state index contributed by atoms with van der Waals surface area (Å²) in [5.41, 5.74) is 14.6. The Morgan fingerprint density at radius 2 is 0.452 bits per heavy atom. The second-order valence-electron chi connectivity index (χ2n) is 20.5. The Balaban J connectivity index is 0.000000192. The Labute approximate surface area is 491 Å². The van der Waals surface area contributed by atoms with Crippen LogP contribution in [0.2, 0.25) is 0 Å². The van der Waals surface area contributed by atoms with Crippen LogP contribution in [0.25, 0.3) is 0 Å². The van der Waals surface area contributed by atoms with Gasteiger partial charge in [0.25, 0.3) is 0 Å². The summed E-state index contributed by atoms with van der Waals surface area (Å²) in [6.07, 6.45) is 4.39. The van der Waals surface area contributed by atoms with Crippen molar-refractivity contribution in [3.63, 3.8) is 0 Å². The predicted octanol–water partition coefficient (Wildman–Crippen LogP) is 12.1. The summed E-state index contributed by atoms with van der Waals surface area (Å²) in [5, 5.41) is 83.4. The maximum absolute atomic E-state index is 10.9. The van der Waals surface area contributed by atoms with Crippen LogP contribution in [-0.4, -0.2) is 83.2 Å². The fourth-order valence-corrected chi connectivity index (χ4v) is 9.44. The van der Waals surface area contributed by atoms with Crippen molar-refractivity contribution in [2.45, 2.75) is 83.2 Å². The van der Waals surface area contributed by atoms with Gasteiger partial charge in [0.1, 0.15) is 23.4 Å². The number of hydrogen-bond donors (Lipinski definition) is 9. The lowest BCUT2D eigenvalue weighted by atomic mass is 9.93. The number of carboxylic acids is 3. The minimum absolute atomic E-state index is 0.0837. The Hall–Kier alpha value is -9.33. The lowest BCUT2D eigenvalue weighted by Gasteiger charge is -2.14. The standard InChI is InChI=1S/3C23H22O3.C3H8O3/c3*24-22(25)12-11-19-15-20(13-17-7-3-1-4-8-17)23(26)21(16-19)14-18-9-5-2-6-10-18;4-1-3(6)2-5/h3*1-10,15-16,26H,11-14H2,(H,24,25);3-6H,1-2H2. The molecule has 0 heterocycles. The number of aliphatic hydroxyl groups is 3. The number of hydrogen-bond acceptors (Lipinski definition) is 9. The van der Waals surface area contributed by atoms with Gasteiger partial charge in [-0.1, -0.05) is 218 Å². The van der Waals surface area contributed by atoms with Gasteiger partial charge in [0, 0.05) is 57.8 Å². The largest absolute Gasteiger partial charge is 0.507 e. The molecule has 0 aliphatic carbocycles. The van der Waals surface area contributed by atoms with Gasteiger partial charge in [-0.05, 0) is 103 Å². The molecule has 9 rings (SSSR count). The highest BCUT2D eigenvalue weighted by atomic mass is 16.4. The average Bonchev–Trinajstić information content (AvgIpc) is 3.51. The zero-order valence-electron chi connectivity index (χ0n) is 47.0. The van der Waals surface area contributed by atoms with Gasteiger partial charge >= 0.3 is 17.9 Å². The summed E-state index contributed by atoms with van der Waals surface area (Å²) in [7, 11) is 0. The fourth-order valence-electron chi connectivity index (χ4n) is 9.44. The second kappa shape index (κ2) is 34.2. The normalized spacial score (nSPS) is 10.6. The van der Waals surface area contributed by atoms with E-state index >= 15 is 0 Å². The van der Waals surface area contributed by atoms with E-state index in [0.717, 1.165) is 83.5 Å². The van der Waals surface area contributed by atoms with E-state index in [4.69, 9.17) is 30.6 Å². The van der Waals surface area contributed by atoms with E-state index in [0.29, 0.717) is 75.0 Å². The number of rotatable bonds is 23. The molecule has 0 unspecified atom stereocenters. The first-order chi connectivity index (χ1) is 40.7. The molecule has 12 heteroatoms. The molecule has 9 aromatic rings. The van der Waals surface area contributed by atoms with Gasteiger partial charge in [-0.3, -0.25) is 14.4 Å². The summed E-state index contributed by atoms with van der Waals surface area (Å²) < 4.78 is 0. The minimum Gasteiger partial charge on any atom is -0.507 e. The van der Waals surface area contributed by atoms with Crippen molar-refractivity contribution in [3.05, 3.63) is 302 Å². The first kappa shape index (κ1) is 63.8. The molecule has 0 amide bonds. The quantitative estimate of drug-likeness (QED) is 0.0291. The fraction of sp³-hybridized carbons (Fsp3) is 0.208. The lowest BCUT2D eigenvalue weighted by molar-refractivity contribution is -0.138. The Bertz CT molecular complexity index is 2880. The van der Waals surface area contributed by atoms with Crippen LogP contribution in [0, 0.1) is 0 Å². The number of phenolic OH excluding ortho intramolecular Hbond substituents is 3. The predicted molar refractivity (Wildman–Crippen MR) is 328 cm³/mol. The first-order valence-corrected chi connectivity index (χ1v) is 28.0. The number of aliphatic hydroxyl groups excluding tert-OH is 3. The molecule has 0 fully saturated rings. The molecule has 0 aliphatic heterocycles. The van der Waals surface area contributed by atoms with Crippen molar-refractivity contribution in [2.75, 3.05) is 13.2 Å². The van der Waals surface area contributed by atoms with Gasteiger partial charge in [-0.25, -0.2) is 0 Å². The first-order valence-electron chi connectivity index (χ1n) is 28.0. The van der Waals surface area contributed by atoms with E-state index in [9.17, 15) is 29.7 Å². The monoisotopic (exact) mass is 1130 g/mol. The molecule has 0 aromatic heterocycles. The van der Waals surface area contributed by atoms with Crippen molar-refractivity contribution < 1.29 is 60.3 Å². The van der Waals surface area contributed by atoms with Crippen LogP contribution in [-0.2, 0) is 72.2 Å². The van der Waals surface area contributed by atoms with Crippen molar-refractivity contribution in [3.8, 4) is 17.2 Å². The van der Waals surface area contributed by atoms with Gasteiger partial charge in [-0.2, -0.15) is 0 Å². The molecular weight excluding hydrogens is 1060 g/mol. The van der Waals surface area contributed by atoms with Crippen molar-refractivity contribution in [2.24, 2.45) is 0 Å². The number of aliphatic carboxylic acids is 3. The summed E-state index contributed by atoms with van der Waals surface area (Å²) in [5.74, 6) is -1.53. The number of benzene rings is 9. The van der Waals surface area contributed by atoms with E-state index in [1.165, 1.54) is 0 Å². The molecule has 84 heavy (non-hydrogen) atoms. The molecule has 9 aromatic carbocycles. The van der Waals surface area contributed by atoms with Gasteiger partial charge < -0.3 is 46.0 Å². The Kier molecular flexibility index (Phi) is 26.0. The molecule has 0 spiro atoms. The van der Waals surface area contributed by atoms with Crippen LogP contribution in [0.15, 0.2) is 218 Å². The third kappa shape index (κ3) is 22.2. The molecule has 0 saturated heterocycles. The molecule has 9 N–H and O–H groups in total. The molecule has 0 saturated carbocycles. The summed E-state index contributed by atoms with van der Waals surface area (Å²) in [6, 6.07) is 71.4. The van der Waals surface area contributed by atoms with Crippen LogP contribution < -0.4 is 0 Å². The van der Waals surface area contributed by atoms with Gasteiger partial charge in [0.05, 0.1) is 13.2 Å². The van der Waals surface area contributed by atoms with Crippen LogP contribution in [0.4, 0.5) is 0 Å². The number of aryl methyl sites for hydroxylation is 3. The maximum Gasteiger partial charge on any atom is 0.303 e. The van der Waals surface area contributed by atoms with Crippen LogP contribution >= 0.6 is 0 Å². The third-order valence-electron chi connectivity index (χ3n) is 13.7. The third-order valence-corrected chi connectivity index (χ3v) is 13.7. The average molecular weight is 1130 g/mol. The maximum atomic E-state index is 10.9. The van der Waals surface area contributed by atoms with Gasteiger partial charge in [0.2, 0.25) is 0 Å². The van der Waals surface area contributed by atoms with E-state index < -0.39 is 24.0 Å². The van der Waals surface area contributed by atoms with E-state index in [1.807, 2.05) is 218 Å². The molecule has 12 nitrogen and oxygen atoms in total. The molecule has 0 aliphatic rings. The lowest BCUT2D eigenvalue weighted by Crippen LogP contribution is -2.15. The Morgan fingerprint density at radius 3 is 0.583 bits per heavy atom. The van der Waals surface area contributed by atoms with E-state index in [1.54, 1.807) is 0 Å². The number of phenols is 3. The van der Waals surface area contributed by atoms with Crippen molar-refractivity contribution >= 4 is 17.9 Å². The Morgan fingerprint density at radius 1 is 0.286 bits per heavy atom. The SMILES string of the molecule is O=C(O)CCc1cc(Cc2ccccc2)c(O)c(Cc2ccccc2)c1.O=C(O)CCc1cc(Cc2ccccc2)c(O)c(Cc2ccccc2)c1.O=C(O)CCc1cc(Cc2ccccc2)c(O)c(Cc2ccccc2)c1.OCC(O)CO. The highest BCUT2D eigenvalue weighted by Crippen LogP contribution is 2.33. The van der Waals surface area contributed by atoms with Crippen molar-refractivity contribution in [1.82, 2.24) is 0 Å². The number of carbonyl (C=O) groups is 3. The van der Waals surface area contributed by atoms with E-state index in [2.05, 4.69) is 0 Å². The van der Waals surface area contributed by atoms with Crippen molar-refractivity contribution in [1.29, 1.82) is 0 Å². The highest BCUT2D eigenvalue weighted by molar-refractivity contribution is 5.68. The van der Waals surface area contributed by atoms with E-state index in [-0.39, 0.29) is 32.5 Å². The molecule has 0 radical (unpaired) electrons.